The third kappa shape index (κ3) is 4.69. The molecular weight excluding hydrogens is 286 g/mol. The van der Waals surface area contributed by atoms with Gasteiger partial charge in [-0.1, -0.05) is 24.6 Å². The fraction of sp³-hybridized carbons (Fsp3) is 0.375. The normalized spacial score (nSPS) is 12.1. The highest BCUT2D eigenvalue weighted by atomic mass is 35.5. The molecule has 1 aromatic carbocycles. The predicted molar refractivity (Wildman–Crippen MR) is 84.5 cm³/mol. The molecule has 0 bridgehead atoms. The number of nitrogens with zero attached hydrogens (tertiary/aromatic N) is 2. The Labute approximate surface area is 130 Å². The average Bonchev–Trinajstić information content (AvgIpc) is 2.52. The van der Waals surface area contributed by atoms with Crippen molar-refractivity contribution in [3.63, 3.8) is 0 Å². The number of hydrogen-bond acceptors (Lipinski definition) is 4. The van der Waals surface area contributed by atoms with E-state index in [0.29, 0.717) is 23.2 Å². The second kappa shape index (κ2) is 7.96. The summed E-state index contributed by atoms with van der Waals surface area (Å²) in [5.41, 5.74) is 1.15. The Kier molecular flexibility index (Phi) is 5.96. The van der Waals surface area contributed by atoms with E-state index in [1.54, 1.807) is 18.5 Å². The highest BCUT2D eigenvalue weighted by Crippen LogP contribution is 2.28. The van der Waals surface area contributed by atoms with Crippen LogP contribution in [0.2, 0.25) is 5.02 Å². The first-order chi connectivity index (χ1) is 10.2. The molecule has 0 aliphatic carbocycles. The molecule has 1 atom stereocenters. The maximum absolute atomic E-state index is 6.28. The first kappa shape index (κ1) is 15.7. The van der Waals surface area contributed by atoms with Gasteiger partial charge in [0.1, 0.15) is 12.4 Å². The second-order valence-electron chi connectivity index (χ2n) is 4.82. The number of rotatable bonds is 7. The SMILES string of the molecule is CCCNC(C)c1ccc(OCc2ncccn2)c(Cl)c1. The summed E-state index contributed by atoms with van der Waals surface area (Å²) < 4.78 is 5.66. The van der Waals surface area contributed by atoms with E-state index >= 15 is 0 Å². The van der Waals surface area contributed by atoms with Crippen LogP contribution in [-0.2, 0) is 6.61 Å². The van der Waals surface area contributed by atoms with E-state index in [1.165, 1.54) is 0 Å². The molecule has 5 heteroatoms. The van der Waals surface area contributed by atoms with Crippen molar-refractivity contribution in [3.05, 3.63) is 53.1 Å². The van der Waals surface area contributed by atoms with Gasteiger partial charge in [-0.05, 0) is 43.7 Å². The summed E-state index contributed by atoms with van der Waals surface area (Å²) in [4.78, 5) is 8.23. The maximum Gasteiger partial charge on any atom is 0.166 e. The van der Waals surface area contributed by atoms with Gasteiger partial charge in [0.15, 0.2) is 5.82 Å². The van der Waals surface area contributed by atoms with E-state index < -0.39 is 0 Å². The van der Waals surface area contributed by atoms with Gasteiger partial charge in [-0.2, -0.15) is 0 Å². The lowest BCUT2D eigenvalue weighted by Gasteiger charge is -2.15. The highest BCUT2D eigenvalue weighted by Gasteiger charge is 2.09. The van der Waals surface area contributed by atoms with Gasteiger partial charge < -0.3 is 10.1 Å². The van der Waals surface area contributed by atoms with E-state index in [0.717, 1.165) is 18.5 Å². The topological polar surface area (TPSA) is 47.0 Å². The van der Waals surface area contributed by atoms with Crippen LogP contribution < -0.4 is 10.1 Å². The van der Waals surface area contributed by atoms with Crippen LogP contribution in [0.4, 0.5) is 0 Å². The van der Waals surface area contributed by atoms with E-state index in [9.17, 15) is 0 Å². The van der Waals surface area contributed by atoms with Gasteiger partial charge in [-0.25, -0.2) is 9.97 Å². The lowest BCUT2D eigenvalue weighted by molar-refractivity contribution is 0.296. The Morgan fingerprint density at radius 3 is 2.71 bits per heavy atom. The standard InChI is InChI=1S/C16H20ClN3O/c1-3-7-18-12(2)13-5-6-15(14(17)10-13)21-11-16-19-8-4-9-20-16/h4-6,8-10,12,18H,3,7,11H2,1-2H3. The molecule has 0 saturated heterocycles. The van der Waals surface area contributed by atoms with Gasteiger partial charge in [0.25, 0.3) is 0 Å². The van der Waals surface area contributed by atoms with Crippen LogP contribution in [0.1, 0.15) is 37.7 Å². The first-order valence-corrected chi connectivity index (χ1v) is 7.50. The van der Waals surface area contributed by atoms with E-state index in [4.69, 9.17) is 16.3 Å². The largest absolute Gasteiger partial charge is 0.484 e. The van der Waals surface area contributed by atoms with Crippen LogP contribution in [0.25, 0.3) is 0 Å². The molecular formula is C16H20ClN3O. The fourth-order valence-corrected chi connectivity index (χ4v) is 2.17. The summed E-state index contributed by atoms with van der Waals surface area (Å²) in [5.74, 6) is 1.28. The molecule has 0 radical (unpaired) electrons. The minimum Gasteiger partial charge on any atom is -0.484 e. The quantitative estimate of drug-likeness (QED) is 0.846. The summed E-state index contributed by atoms with van der Waals surface area (Å²) >= 11 is 6.28. The van der Waals surface area contributed by atoms with Gasteiger partial charge in [-0.3, -0.25) is 0 Å². The Morgan fingerprint density at radius 1 is 1.29 bits per heavy atom. The van der Waals surface area contributed by atoms with Crippen molar-refractivity contribution in [2.45, 2.75) is 32.9 Å². The second-order valence-corrected chi connectivity index (χ2v) is 5.23. The molecule has 0 aliphatic heterocycles. The van der Waals surface area contributed by atoms with Crippen molar-refractivity contribution in [2.24, 2.45) is 0 Å². The third-order valence-electron chi connectivity index (χ3n) is 3.13. The van der Waals surface area contributed by atoms with Crippen molar-refractivity contribution in [1.82, 2.24) is 15.3 Å². The van der Waals surface area contributed by atoms with Gasteiger partial charge >= 0.3 is 0 Å². The van der Waals surface area contributed by atoms with Crippen LogP contribution in [0.5, 0.6) is 5.75 Å². The maximum atomic E-state index is 6.28. The summed E-state index contributed by atoms with van der Waals surface area (Å²) in [5, 5.41) is 4.04. The molecule has 1 N–H and O–H groups in total. The van der Waals surface area contributed by atoms with Gasteiger partial charge in [-0.15, -0.1) is 0 Å². The van der Waals surface area contributed by atoms with Crippen LogP contribution in [0.3, 0.4) is 0 Å². The number of ether oxygens (including phenoxy) is 1. The van der Waals surface area contributed by atoms with Gasteiger partial charge in [0, 0.05) is 18.4 Å². The third-order valence-corrected chi connectivity index (χ3v) is 3.43. The number of benzene rings is 1. The van der Waals surface area contributed by atoms with Crippen molar-refractivity contribution >= 4 is 11.6 Å². The van der Waals surface area contributed by atoms with Crippen molar-refractivity contribution in [2.75, 3.05) is 6.54 Å². The molecule has 0 fully saturated rings. The molecule has 0 spiro atoms. The number of hydrogen-bond donors (Lipinski definition) is 1. The number of nitrogens with one attached hydrogen (secondary N) is 1. The molecule has 1 heterocycles. The monoisotopic (exact) mass is 305 g/mol. The molecule has 2 rings (SSSR count). The Morgan fingerprint density at radius 2 is 2.05 bits per heavy atom. The van der Waals surface area contributed by atoms with Crippen molar-refractivity contribution < 1.29 is 4.74 Å². The van der Waals surface area contributed by atoms with Gasteiger partial charge in [0.2, 0.25) is 0 Å². The van der Waals surface area contributed by atoms with Crippen molar-refractivity contribution in [1.29, 1.82) is 0 Å². The Bertz CT molecular complexity index is 563. The molecule has 1 aromatic heterocycles. The minimum atomic E-state index is 0.272. The molecule has 0 aliphatic rings. The molecule has 0 amide bonds. The first-order valence-electron chi connectivity index (χ1n) is 7.12. The van der Waals surface area contributed by atoms with E-state index in [2.05, 4.69) is 29.1 Å². The molecule has 2 aromatic rings. The fourth-order valence-electron chi connectivity index (χ4n) is 1.93. The zero-order chi connectivity index (χ0) is 15.1. The minimum absolute atomic E-state index is 0.272. The smallest absolute Gasteiger partial charge is 0.166 e. The summed E-state index contributed by atoms with van der Waals surface area (Å²) in [6.07, 6.45) is 4.49. The zero-order valence-electron chi connectivity index (χ0n) is 12.3. The molecule has 1 unspecified atom stereocenters. The molecule has 0 saturated carbocycles. The molecule has 112 valence electrons. The lowest BCUT2D eigenvalue weighted by Crippen LogP contribution is -2.19. The van der Waals surface area contributed by atoms with Crippen LogP contribution in [-0.4, -0.2) is 16.5 Å². The van der Waals surface area contributed by atoms with Crippen molar-refractivity contribution in [3.8, 4) is 5.75 Å². The average molecular weight is 306 g/mol. The summed E-state index contributed by atoms with van der Waals surface area (Å²) in [6, 6.07) is 7.91. The molecule has 21 heavy (non-hydrogen) atoms. The van der Waals surface area contributed by atoms with Gasteiger partial charge in [0.05, 0.1) is 5.02 Å². The lowest BCUT2D eigenvalue weighted by atomic mass is 10.1. The Hall–Kier alpha value is -1.65. The van der Waals surface area contributed by atoms with E-state index in [-0.39, 0.29) is 6.04 Å². The zero-order valence-corrected chi connectivity index (χ0v) is 13.1. The van der Waals surface area contributed by atoms with Crippen LogP contribution >= 0.6 is 11.6 Å². The summed E-state index contributed by atoms with van der Waals surface area (Å²) in [7, 11) is 0. The predicted octanol–water partition coefficient (Wildman–Crippen LogP) is 3.77. The van der Waals surface area contributed by atoms with Crippen LogP contribution in [0, 0.1) is 0 Å². The van der Waals surface area contributed by atoms with Crippen LogP contribution in [0.15, 0.2) is 36.7 Å². The summed E-state index contributed by atoms with van der Waals surface area (Å²) in [6.45, 7) is 5.57. The number of halogens is 1. The molecule has 4 nitrogen and oxygen atoms in total. The number of aromatic nitrogens is 2. The highest BCUT2D eigenvalue weighted by molar-refractivity contribution is 6.32. The van der Waals surface area contributed by atoms with E-state index in [1.807, 2.05) is 18.2 Å². The Balaban J connectivity index is 1.99.